The number of rotatable bonds is 12. The van der Waals surface area contributed by atoms with Gasteiger partial charge in [-0.1, -0.05) is 48.5 Å². The van der Waals surface area contributed by atoms with Gasteiger partial charge in [0.05, 0.1) is 0 Å². The monoisotopic (exact) mass is 457 g/mol. The molecule has 33 heavy (non-hydrogen) atoms. The lowest BCUT2D eigenvalue weighted by Crippen LogP contribution is -2.42. The number of benzene rings is 2. The van der Waals surface area contributed by atoms with Crippen molar-refractivity contribution < 1.29 is 28.6 Å². The topological polar surface area (TPSA) is 143 Å². The number of alkyl carbamates (subject to hydrolysis) is 1. The van der Waals surface area contributed by atoms with Crippen LogP contribution in [0.2, 0.25) is 0 Å². The fourth-order valence-electron chi connectivity index (χ4n) is 2.82. The third kappa shape index (κ3) is 9.30. The minimum atomic E-state index is -0.904. The van der Waals surface area contributed by atoms with E-state index < -0.39 is 30.1 Å². The molecule has 5 N–H and O–H groups in total. The van der Waals surface area contributed by atoms with Gasteiger partial charge in [0, 0.05) is 5.56 Å². The minimum absolute atomic E-state index is 0.0789. The summed E-state index contributed by atoms with van der Waals surface area (Å²) >= 11 is 0. The number of nitrogens with one attached hydrogen (secondary N) is 1. The highest BCUT2D eigenvalue weighted by Crippen LogP contribution is 2.20. The Morgan fingerprint density at radius 3 is 2.30 bits per heavy atom. The summed E-state index contributed by atoms with van der Waals surface area (Å²) in [6.45, 7) is 1.92. The molecule has 2 aromatic carbocycles. The molecule has 2 rings (SSSR count). The van der Waals surface area contributed by atoms with Gasteiger partial charge in [0.1, 0.15) is 31.0 Å². The van der Waals surface area contributed by atoms with Gasteiger partial charge < -0.3 is 31.0 Å². The maximum Gasteiger partial charge on any atom is 0.408 e. The smallest absolute Gasteiger partial charge is 0.408 e. The Bertz CT molecular complexity index is 904. The van der Waals surface area contributed by atoms with Crippen LogP contribution in [-0.4, -0.2) is 36.7 Å². The maximum atomic E-state index is 12.7. The van der Waals surface area contributed by atoms with Crippen molar-refractivity contribution in [1.29, 1.82) is 0 Å². The first-order valence-corrected chi connectivity index (χ1v) is 10.8. The van der Waals surface area contributed by atoms with E-state index in [4.69, 9.17) is 25.7 Å². The van der Waals surface area contributed by atoms with Gasteiger partial charge in [-0.2, -0.15) is 0 Å². The van der Waals surface area contributed by atoms with E-state index in [9.17, 15) is 14.4 Å². The third-order valence-electron chi connectivity index (χ3n) is 4.66. The van der Waals surface area contributed by atoms with Gasteiger partial charge in [-0.3, -0.25) is 0 Å². The fourth-order valence-corrected chi connectivity index (χ4v) is 2.82. The van der Waals surface area contributed by atoms with Crippen LogP contribution in [0.25, 0.3) is 0 Å². The lowest BCUT2D eigenvalue weighted by atomic mass is 10.1. The van der Waals surface area contributed by atoms with Crippen molar-refractivity contribution in [2.45, 2.75) is 51.5 Å². The normalized spacial score (nSPS) is 12.3. The van der Waals surface area contributed by atoms with Crippen LogP contribution in [0.15, 0.2) is 54.6 Å². The molecular formula is C24H31N3O6. The molecule has 1 amide bonds. The van der Waals surface area contributed by atoms with Crippen LogP contribution in [0.3, 0.4) is 0 Å². The van der Waals surface area contributed by atoms with E-state index in [1.54, 1.807) is 24.3 Å². The summed E-state index contributed by atoms with van der Waals surface area (Å²) in [5, 5.41) is 2.57. The number of nitrogens with two attached hydrogens (primary N) is 2. The number of carbonyl (C=O) groups is 3. The van der Waals surface area contributed by atoms with E-state index in [0.717, 1.165) is 5.56 Å². The van der Waals surface area contributed by atoms with E-state index in [-0.39, 0.29) is 19.0 Å². The van der Waals surface area contributed by atoms with Gasteiger partial charge in [-0.25, -0.2) is 14.4 Å². The summed E-state index contributed by atoms with van der Waals surface area (Å²) < 4.78 is 15.9. The molecule has 0 radical (unpaired) electrons. The first-order chi connectivity index (χ1) is 15.9. The molecule has 0 saturated heterocycles. The summed E-state index contributed by atoms with van der Waals surface area (Å²) in [5.41, 5.74) is 12.4. The lowest BCUT2D eigenvalue weighted by Gasteiger charge is -2.18. The van der Waals surface area contributed by atoms with Crippen LogP contribution in [0.1, 0.15) is 37.3 Å². The van der Waals surface area contributed by atoms with Gasteiger partial charge in [0.25, 0.3) is 0 Å². The molecule has 2 atom stereocenters. The predicted octanol–water partition coefficient (Wildman–Crippen LogP) is 2.41. The van der Waals surface area contributed by atoms with Gasteiger partial charge in [-0.05, 0) is 44.4 Å². The molecule has 1 unspecified atom stereocenters. The van der Waals surface area contributed by atoms with Crippen molar-refractivity contribution in [3.8, 4) is 5.75 Å². The molecule has 0 saturated carbocycles. The highest BCUT2D eigenvalue weighted by Gasteiger charge is 2.23. The summed E-state index contributed by atoms with van der Waals surface area (Å²) in [6.07, 6.45) is 0.940. The molecule has 0 heterocycles. The fraction of sp³-hybridized carbons (Fsp3) is 0.375. The van der Waals surface area contributed by atoms with E-state index in [0.29, 0.717) is 31.4 Å². The van der Waals surface area contributed by atoms with E-state index >= 15 is 0 Å². The molecular weight excluding hydrogens is 426 g/mol. The van der Waals surface area contributed by atoms with Gasteiger partial charge in [0.15, 0.2) is 0 Å². The minimum Gasteiger partial charge on any atom is -0.459 e. The highest BCUT2D eigenvalue weighted by molar-refractivity contribution is 5.81. The number of ether oxygens (including phenoxy) is 3. The van der Waals surface area contributed by atoms with E-state index in [1.165, 1.54) is 6.92 Å². The van der Waals surface area contributed by atoms with Crippen LogP contribution in [0.4, 0.5) is 4.79 Å². The van der Waals surface area contributed by atoms with Crippen molar-refractivity contribution in [2.75, 3.05) is 6.54 Å². The van der Waals surface area contributed by atoms with Gasteiger partial charge in [-0.15, -0.1) is 0 Å². The lowest BCUT2D eigenvalue weighted by molar-refractivity contribution is -0.147. The summed E-state index contributed by atoms with van der Waals surface area (Å²) in [4.78, 5) is 36.8. The molecule has 0 aromatic heterocycles. The standard InChI is InChI=1S/C24H31N3O6/c1-17(26)22(28)33-21-13-6-5-11-19(21)16-31-23(29)20(12-7-8-14-25)27-24(30)32-15-18-9-3-2-4-10-18/h2-6,9-11,13,17,20H,7-8,12,14-16,25-26H2,1H3,(H,27,30)/t17?,20-/m0/s1. The summed E-state index contributed by atoms with van der Waals surface area (Å²) in [7, 11) is 0. The maximum absolute atomic E-state index is 12.7. The molecule has 178 valence electrons. The molecule has 9 heteroatoms. The van der Waals surface area contributed by atoms with Crippen LogP contribution in [0.5, 0.6) is 5.75 Å². The molecule has 9 nitrogen and oxygen atoms in total. The Morgan fingerprint density at radius 1 is 0.909 bits per heavy atom. The summed E-state index contributed by atoms with van der Waals surface area (Å²) in [6, 6.07) is 14.2. The third-order valence-corrected chi connectivity index (χ3v) is 4.66. The molecule has 0 aliphatic rings. The quantitative estimate of drug-likeness (QED) is 0.250. The Kier molecular flexibility index (Phi) is 10.9. The second-order valence-electron chi connectivity index (χ2n) is 7.47. The second kappa shape index (κ2) is 13.9. The second-order valence-corrected chi connectivity index (χ2v) is 7.47. The van der Waals surface area contributed by atoms with Crippen LogP contribution in [-0.2, 0) is 32.3 Å². The van der Waals surface area contributed by atoms with Crippen LogP contribution >= 0.6 is 0 Å². The number of unbranched alkanes of at least 4 members (excludes halogenated alkanes) is 1. The van der Waals surface area contributed by atoms with Crippen molar-refractivity contribution in [2.24, 2.45) is 11.5 Å². The Morgan fingerprint density at radius 2 is 1.61 bits per heavy atom. The van der Waals surface area contributed by atoms with Crippen molar-refractivity contribution in [3.63, 3.8) is 0 Å². The van der Waals surface area contributed by atoms with Crippen LogP contribution < -0.4 is 21.5 Å². The van der Waals surface area contributed by atoms with Gasteiger partial charge >= 0.3 is 18.0 Å². The number of hydrogen-bond donors (Lipinski definition) is 3. The predicted molar refractivity (Wildman–Crippen MR) is 122 cm³/mol. The molecule has 0 spiro atoms. The molecule has 0 aliphatic heterocycles. The average molecular weight is 458 g/mol. The molecule has 0 aliphatic carbocycles. The van der Waals surface area contributed by atoms with Crippen molar-refractivity contribution in [3.05, 3.63) is 65.7 Å². The summed E-state index contributed by atoms with van der Waals surface area (Å²) in [5.74, 6) is -0.976. The zero-order valence-electron chi connectivity index (χ0n) is 18.7. The largest absolute Gasteiger partial charge is 0.459 e. The number of esters is 2. The van der Waals surface area contributed by atoms with Crippen molar-refractivity contribution in [1.82, 2.24) is 5.32 Å². The first-order valence-electron chi connectivity index (χ1n) is 10.8. The van der Waals surface area contributed by atoms with Crippen molar-refractivity contribution >= 4 is 18.0 Å². The molecule has 0 fully saturated rings. The highest BCUT2D eigenvalue weighted by atomic mass is 16.6. The number of para-hydroxylation sites is 1. The van der Waals surface area contributed by atoms with Crippen LogP contribution in [0, 0.1) is 0 Å². The number of carbonyl (C=O) groups excluding carboxylic acids is 3. The number of hydrogen-bond acceptors (Lipinski definition) is 8. The zero-order chi connectivity index (χ0) is 24.1. The molecule has 2 aromatic rings. The molecule has 0 bridgehead atoms. The van der Waals surface area contributed by atoms with Gasteiger partial charge in [0.2, 0.25) is 0 Å². The van der Waals surface area contributed by atoms with E-state index in [1.807, 2.05) is 30.3 Å². The SMILES string of the molecule is CC(N)C(=O)Oc1ccccc1COC(=O)[C@H](CCCCN)NC(=O)OCc1ccccc1. The number of amides is 1. The zero-order valence-corrected chi connectivity index (χ0v) is 18.7. The average Bonchev–Trinajstić information content (AvgIpc) is 2.82. The Balaban J connectivity index is 1.96. The van der Waals surface area contributed by atoms with E-state index in [2.05, 4.69) is 5.32 Å². The Labute approximate surface area is 193 Å². The Hall–Kier alpha value is -3.43. The first kappa shape index (κ1) is 25.8.